The van der Waals surface area contributed by atoms with Gasteiger partial charge in [0.05, 0.1) is 17.0 Å². The minimum Gasteiger partial charge on any atom is -0.197 e. The highest BCUT2D eigenvalue weighted by Crippen LogP contribution is 2.38. The molecule has 0 aromatic heterocycles. The highest BCUT2D eigenvalue weighted by atomic mass is 35.5. The second-order valence-corrected chi connectivity index (χ2v) is 4.36. The molecular formula is C11H9ClF3N. The van der Waals surface area contributed by atoms with E-state index in [9.17, 15) is 13.2 Å². The number of hydrogen-bond donors (Lipinski definition) is 0. The lowest BCUT2D eigenvalue weighted by atomic mass is 9.83. The zero-order valence-corrected chi connectivity index (χ0v) is 9.45. The Labute approximate surface area is 96.4 Å². The topological polar surface area (TPSA) is 23.8 Å². The smallest absolute Gasteiger partial charge is 0.197 e. The lowest BCUT2D eigenvalue weighted by molar-refractivity contribution is -0.138. The van der Waals surface area contributed by atoms with Crippen molar-refractivity contribution in [2.45, 2.75) is 25.4 Å². The van der Waals surface area contributed by atoms with Crippen LogP contribution in [0.3, 0.4) is 0 Å². The van der Waals surface area contributed by atoms with E-state index in [1.165, 1.54) is 26.0 Å². The van der Waals surface area contributed by atoms with E-state index in [1.54, 1.807) is 0 Å². The van der Waals surface area contributed by atoms with Gasteiger partial charge in [-0.15, -0.1) is 0 Å². The molecule has 0 amide bonds. The predicted octanol–water partition coefficient (Wildman–Crippen LogP) is 4.16. The van der Waals surface area contributed by atoms with Gasteiger partial charge in [-0.1, -0.05) is 17.7 Å². The van der Waals surface area contributed by atoms with Crippen molar-refractivity contribution >= 4 is 11.6 Å². The summed E-state index contributed by atoms with van der Waals surface area (Å²) in [4.78, 5) is 0. The van der Waals surface area contributed by atoms with Gasteiger partial charge in [-0.2, -0.15) is 18.4 Å². The van der Waals surface area contributed by atoms with Crippen LogP contribution in [0.1, 0.15) is 25.0 Å². The molecule has 0 heterocycles. The number of nitriles is 1. The summed E-state index contributed by atoms with van der Waals surface area (Å²) in [6, 6.07) is 5.29. The molecule has 0 aliphatic rings. The van der Waals surface area contributed by atoms with Gasteiger partial charge >= 0.3 is 6.18 Å². The highest BCUT2D eigenvalue weighted by molar-refractivity contribution is 6.30. The van der Waals surface area contributed by atoms with Crippen molar-refractivity contribution in [2.24, 2.45) is 0 Å². The molecule has 1 aromatic rings. The molecule has 0 aliphatic heterocycles. The SMILES string of the molecule is CC(C)(C#N)c1ccc(Cl)cc1C(F)(F)F. The minimum absolute atomic E-state index is 0.00446. The molecule has 16 heavy (non-hydrogen) atoms. The third-order valence-electron chi connectivity index (χ3n) is 2.24. The van der Waals surface area contributed by atoms with Crippen LogP contribution in [-0.4, -0.2) is 0 Å². The van der Waals surface area contributed by atoms with Gasteiger partial charge in [0, 0.05) is 5.02 Å². The lowest BCUT2D eigenvalue weighted by Crippen LogP contribution is -2.20. The molecule has 0 saturated heterocycles. The van der Waals surface area contributed by atoms with E-state index in [0.717, 1.165) is 6.07 Å². The Morgan fingerprint density at radius 3 is 2.19 bits per heavy atom. The van der Waals surface area contributed by atoms with Crippen molar-refractivity contribution in [2.75, 3.05) is 0 Å². The zero-order valence-electron chi connectivity index (χ0n) is 8.69. The fraction of sp³-hybridized carbons (Fsp3) is 0.364. The summed E-state index contributed by atoms with van der Waals surface area (Å²) >= 11 is 5.53. The third kappa shape index (κ3) is 2.48. The Morgan fingerprint density at radius 2 is 1.75 bits per heavy atom. The predicted molar refractivity (Wildman–Crippen MR) is 55.1 cm³/mol. The van der Waals surface area contributed by atoms with Gasteiger partial charge in [-0.3, -0.25) is 0 Å². The molecule has 1 nitrogen and oxygen atoms in total. The molecular weight excluding hydrogens is 239 g/mol. The molecule has 1 rings (SSSR count). The summed E-state index contributed by atoms with van der Waals surface area (Å²) in [5.74, 6) is 0. The van der Waals surface area contributed by atoms with Crippen molar-refractivity contribution < 1.29 is 13.2 Å². The molecule has 0 unspecified atom stereocenters. The van der Waals surface area contributed by atoms with Crippen LogP contribution in [0.2, 0.25) is 5.02 Å². The number of benzene rings is 1. The van der Waals surface area contributed by atoms with Crippen LogP contribution >= 0.6 is 11.6 Å². The summed E-state index contributed by atoms with van der Waals surface area (Å²) < 4.78 is 38.2. The van der Waals surface area contributed by atoms with Crippen LogP contribution in [-0.2, 0) is 11.6 Å². The van der Waals surface area contributed by atoms with E-state index >= 15 is 0 Å². The lowest BCUT2D eigenvalue weighted by Gasteiger charge is -2.21. The molecule has 0 fully saturated rings. The van der Waals surface area contributed by atoms with Crippen molar-refractivity contribution in [1.29, 1.82) is 5.26 Å². The van der Waals surface area contributed by atoms with Crippen molar-refractivity contribution in [3.63, 3.8) is 0 Å². The average Bonchev–Trinajstić information content (AvgIpc) is 2.16. The summed E-state index contributed by atoms with van der Waals surface area (Å²) in [5.41, 5.74) is -2.12. The summed E-state index contributed by atoms with van der Waals surface area (Å²) in [6.07, 6.45) is -4.51. The van der Waals surface area contributed by atoms with Crippen LogP contribution in [0.15, 0.2) is 18.2 Å². The molecule has 0 bridgehead atoms. The second kappa shape index (κ2) is 3.99. The average molecular weight is 248 g/mol. The maximum atomic E-state index is 12.7. The largest absolute Gasteiger partial charge is 0.416 e. The van der Waals surface area contributed by atoms with Crippen molar-refractivity contribution in [3.8, 4) is 6.07 Å². The molecule has 0 aliphatic carbocycles. The standard InChI is InChI=1S/C11H9ClF3N/c1-10(2,6-16)8-4-3-7(12)5-9(8)11(13,14)15/h3-5H,1-2H3. The first-order chi connectivity index (χ1) is 7.18. The van der Waals surface area contributed by atoms with E-state index < -0.39 is 17.2 Å². The molecule has 1 aromatic carbocycles. The van der Waals surface area contributed by atoms with Gasteiger partial charge in [0.1, 0.15) is 0 Å². The first-order valence-electron chi connectivity index (χ1n) is 4.47. The van der Waals surface area contributed by atoms with Crippen LogP contribution < -0.4 is 0 Å². The zero-order chi connectivity index (χ0) is 12.6. The second-order valence-electron chi connectivity index (χ2n) is 3.92. The molecule has 0 spiro atoms. The van der Waals surface area contributed by atoms with Crippen LogP contribution in [0.4, 0.5) is 13.2 Å². The van der Waals surface area contributed by atoms with E-state index in [1.807, 2.05) is 6.07 Å². The maximum Gasteiger partial charge on any atom is 0.416 e. The first kappa shape index (κ1) is 12.9. The van der Waals surface area contributed by atoms with E-state index in [-0.39, 0.29) is 10.6 Å². The van der Waals surface area contributed by atoms with Crippen LogP contribution in [0.5, 0.6) is 0 Å². The summed E-state index contributed by atoms with van der Waals surface area (Å²) in [5, 5.41) is 8.86. The number of hydrogen-bond acceptors (Lipinski definition) is 1. The normalized spacial score (nSPS) is 12.3. The van der Waals surface area contributed by atoms with E-state index in [4.69, 9.17) is 16.9 Å². The molecule has 0 saturated carbocycles. The Bertz CT molecular complexity index is 444. The van der Waals surface area contributed by atoms with E-state index in [2.05, 4.69) is 0 Å². The molecule has 0 radical (unpaired) electrons. The van der Waals surface area contributed by atoms with Crippen LogP contribution in [0.25, 0.3) is 0 Å². The fourth-order valence-electron chi connectivity index (χ4n) is 1.36. The fourth-order valence-corrected chi connectivity index (χ4v) is 1.53. The maximum absolute atomic E-state index is 12.7. The van der Waals surface area contributed by atoms with Gasteiger partial charge in [0.2, 0.25) is 0 Å². The summed E-state index contributed by atoms with van der Waals surface area (Å²) in [6.45, 7) is 2.87. The molecule has 86 valence electrons. The van der Waals surface area contributed by atoms with E-state index in [0.29, 0.717) is 0 Å². The Morgan fingerprint density at radius 1 is 1.19 bits per heavy atom. The van der Waals surface area contributed by atoms with Crippen molar-refractivity contribution in [1.82, 2.24) is 0 Å². The van der Waals surface area contributed by atoms with Gasteiger partial charge in [-0.05, 0) is 31.5 Å². The molecule has 0 N–H and O–H groups in total. The number of nitrogens with zero attached hydrogens (tertiary/aromatic N) is 1. The number of halogens is 4. The molecule has 5 heteroatoms. The minimum atomic E-state index is -4.51. The quantitative estimate of drug-likeness (QED) is 0.731. The molecule has 0 atom stereocenters. The Hall–Kier alpha value is -1.21. The summed E-state index contributed by atoms with van der Waals surface area (Å²) in [7, 11) is 0. The third-order valence-corrected chi connectivity index (χ3v) is 2.47. The monoisotopic (exact) mass is 247 g/mol. The van der Waals surface area contributed by atoms with Gasteiger partial charge in [0.15, 0.2) is 0 Å². The number of alkyl halides is 3. The van der Waals surface area contributed by atoms with Crippen LogP contribution in [0, 0.1) is 11.3 Å². The Balaban J connectivity index is 3.48. The van der Waals surface area contributed by atoms with Gasteiger partial charge in [0.25, 0.3) is 0 Å². The number of rotatable bonds is 1. The highest BCUT2D eigenvalue weighted by Gasteiger charge is 2.37. The Kier molecular flexibility index (Phi) is 3.20. The first-order valence-corrected chi connectivity index (χ1v) is 4.85. The van der Waals surface area contributed by atoms with Gasteiger partial charge in [-0.25, -0.2) is 0 Å². The van der Waals surface area contributed by atoms with Gasteiger partial charge < -0.3 is 0 Å². The van der Waals surface area contributed by atoms with Crippen molar-refractivity contribution in [3.05, 3.63) is 34.3 Å².